The molecule has 2 saturated heterocycles. The molecule has 0 aliphatic carbocycles. The van der Waals surface area contributed by atoms with Crippen LogP contribution >= 0.6 is 15.9 Å². The van der Waals surface area contributed by atoms with Gasteiger partial charge >= 0.3 is 6.09 Å². The van der Waals surface area contributed by atoms with Crippen LogP contribution in [0.15, 0.2) is 53.0 Å². The van der Waals surface area contributed by atoms with Crippen LogP contribution in [0, 0.1) is 5.92 Å². The van der Waals surface area contributed by atoms with Gasteiger partial charge in [-0.3, -0.25) is 9.59 Å². The van der Waals surface area contributed by atoms with E-state index in [2.05, 4.69) is 26.1 Å². The predicted octanol–water partition coefficient (Wildman–Crippen LogP) is 3.96. The second-order valence-electron chi connectivity index (χ2n) is 10.3. The molecule has 0 unspecified atom stereocenters. The van der Waals surface area contributed by atoms with E-state index in [1.54, 1.807) is 18.7 Å². The summed E-state index contributed by atoms with van der Waals surface area (Å²) < 4.78 is 7.17. The molecule has 2 aromatic carbocycles. The third-order valence-electron chi connectivity index (χ3n) is 7.08. The lowest BCUT2D eigenvalue weighted by atomic mass is 9.96. The van der Waals surface area contributed by atoms with E-state index in [1.807, 2.05) is 48.5 Å². The normalized spacial score (nSPS) is 18.2. The van der Waals surface area contributed by atoms with Gasteiger partial charge in [-0.15, -0.1) is 0 Å². The average Bonchev–Trinajstić information content (AvgIpc) is 2.92. The van der Waals surface area contributed by atoms with Crippen LogP contribution in [0.25, 0.3) is 0 Å². The molecule has 0 bridgehead atoms. The number of ether oxygens (including phenoxy) is 1. The molecule has 3 amide bonds. The van der Waals surface area contributed by atoms with E-state index in [0.717, 1.165) is 35.1 Å². The van der Waals surface area contributed by atoms with Crippen molar-refractivity contribution in [2.45, 2.75) is 38.8 Å². The summed E-state index contributed by atoms with van der Waals surface area (Å²) >= 11 is 3.43. The molecule has 1 atom stereocenters. The van der Waals surface area contributed by atoms with E-state index in [1.165, 1.54) is 4.90 Å². The number of anilines is 1. The Morgan fingerprint density at radius 1 is 1.03 bits per heavy atom. The van der Waals surface area contributed by atoms with Gasteiger partial charge in [-0.25, -0.2) is 4.79 Å². The molecule has 0 radical (unpaired) electrons. The first-order chi connectivity index (χ1) is 18.1. The summed E-state index contributed by atoms with van der Waals surface area (Å²) in [5, 5.41) is 12.2. The Kier molecular flexibility index (Phi) is 8.81. The Hall–Kier alpha value is -3.27. The molecule has 0 spiro atoms. The zero-order valence-electron chi connectivity index (χ0n) is 21.9. The van der Waals surface area contributed by atoms with Crippen molar-refractivity contribution in [2.24, 2.45) is 5.92 Å². The first-order valence-electron chi connectivity index (χ1n) is 13.0. The molecule has 2 aliphatic rings. The Balaban J connectivity index is 1.34. The van der Waals surface area contributed by atoms with Gasteiger partial charge < -0.3 is 29.9 Å². The molecule has 2 aromatic rings. The number of carboxylic acid groups (broad SMARTS) is 1. The second kappa shape index (κ2) is 12.1. The quantitative estimate of drug-likeness (QED) is 0.509. The molecule has 204 valence electrons. The van der Waals surface area contributed by atoms with Crippen molar-refractivity contribution in [3.05, 3.63) is 58.6 Å². The summed E-state index contributed by atoms with van der Waals surface area (Å²) in [7, 11) is 0. The molecule has 38 heavy (non-hydrogen) atoms. The van der Waals surface area contributed by atoms with Crippen LogP contribution in [-0.4, -0.2) is 77.7 Å². The third kappa shape index (κ3) is 6.98. The van der Waals surface area contributed by atoms with Crippen LogP contribution in [0.5, 0.6) is 5.75 Å². The lowest BCUT2D eigenvalue weighted by Crippen LogP contribution is -2.56. The Morgan fingerprint density at radius 3 is 2.39 bits per heavy atom. The lowest BCUT2D eigenvalue weighted by molar-refractivity contribution is -0.147. The fourth-order valence-electron chi connectivity index (χ4n) is 4.93. The molecule has 2 fully saturated rings. The summed E-state index contributed by atoms with van der Waals surface area (Å²) in [5.41, 5.74) is 0.896. The van der Waals surface area contributed by atoms with Crippen molar-refractivity contribution in [2.75, 3.05) is 44.2 Å². The van der Waals surface area contributed by atoms with Gasteiger partial charge in [0.25, 0.3) is 5.91 Å². The molecule has 2 heterocycles. The minimum absolute atomic E-state index is 0.0553. The number of amides is 3. The summed E-state index contributed by atoms with van der Waals surface area (Å²) in [4.78, 5) is 42.4. The first-order valence-corrected chi connectivity index (χ1v) is 13.7. The van der Waals surface area contributed by atoms with E-state index < -0.39 is 11.7 Å². The molecule has 4 rings (SSSR count). The Bertz CT molecular complexity index is 1150. The van der Waals surface area contributed by atoms with Gasteiger partial charge in [0, 0.05) is 62.0 Å². The van der Waals surface area contributed by atoms with Gasteiger partial charge in [-0.2, -0.15) is 0 Å². The zero-order valence-corrected chi connectivity index (χ0v) is 23.4. The minimum Gasteiger partial charge on any atom is -0.478 e. The van der Waals surface area contributed by atoms with Crippen LogP contribution in [-0.2, 0) is 16.1 Å². The van der Waals surface area contributed by atoms with Crippen molar-refractivity contribution in [3.8, 4) is 5.75 Å². The number of piperidine rings is 1. The standard InChI is InChI=1S/C28H35BrN4O5/c1-28(2,26(35)31-13-15-32(16-14-31)27(36)37)38-24-7-3-6-23(17-24)33-12-4-5-21(19-33)25(34)30-18-20-8-10-22(29)11-9-20/h3,6-11,17,21H,4-5,12-16,18-19H2,1-2H3,(H,30,34)(H,36,37)/t21-/m1/s1. The maximum atomic E-state index is 13.2. The van der Waals surface area contributed by atoms with Gasteiger partial charge in [-0.1, -0.05) is 34.1 Å². The molecule has 10 heteroatoms. The summed E-state index contributed by atoms with van der Waals surface area (Å²) in [5.74, 6) is 0.353. The number of nitrogens with one attached hydrogen (secondary N) is 1. The van der Waals surface area contributed by atoms with Gasteiger partial charge in [0.15, 0.2) is 5.60 Å². The van der Waals surface area contributed by atoms with Crippen LogP contribution in [0.4, 0.5) is 10.5 Å². The minimum atomic E-state index is -1.11. The molecular weight excluding hydrogens is 552 g/mol. The lowest BCUT2D eigenvalue weighted by Gasteiger charge is -2.38. The number of piperazine rings is 1. The summed E-state index contributed by atoms with van der Waals surface area (Å²) in [6.07, 6.45) is 0.787. The van der Waals surface area contributed by atoms with Crippen LogP contribution in [0.2, 0.25) is 0 Å². The summed E-state index contributed by atoms with van der Waals surface area (Å²) in [6, 6.07) is 15.5. The van der Waals surface area contributed by atoms with Crippen molar-refractivity contribution in [1.82, 2.24) is 15.1 Å². The average molecular weight is 588 g/mol. The highest BCUT2D eigenvalue weighted by Crippen LogP contribution is 2.29. The molecular formula is C28H35BrN4O5. The van der Waals surface area contributed by atoms with Gasteiger partial charge in [-0.05, 0) is 56.5 Å². The van der Waals surface area contributed by atoms with E-state index in [4.69, 9.17) is 9.84 Å². The first kappa shape index (κ1) is 27.8. The highest BCUT2D eigenvalue weighted by atomic mass is 79.9. The fraction of sp³-hybridized carbons (Fsp3) is 0.464. The molecule has 0 saturated carbocycles. The van der Waals surface area contributed by atoms with E-state index >= 15 is 0 Å². The van der Waals surface area contributed by atoms with Crippen LogP contribution < -0.4 is 15.0 Å². The smallest absolute Gasteiger partial charge is 0.407 e. The molecule has 9 nitrogen and oxygen atoms in total. The van der Waals surface area contributed by atoms with E-state index in [9.17, 15) is 14.4 Å². The number of benzene rings is 2. The highest BCUT2D eigenvalue weighted by Gasteiger charge is 2.36. The molecule has 0 aromatic heterocycles. The van der Waals surface area contributed by atoms with Crippen LogP contribution in [0.1, 0.15) is 32.3 Å². The number of nitrogens with zero attached hydrogens (tertiary/aromatic N) is 3. The third-order valence-corrected chi connectivity index (χ3v) is 7.61. The van der Waals surface area contributed by atoms with Crippen molar-refractivity contribution >= 4 is 39.5 Å². The van der Waals surface area contributed by atoms with Gasteiger partial charge in [0.05, 0.1) is 5.92 Å². The predicted molar refractivity (Wildman–Crippen MR) is 148 cm³/mol. The number of hydrogen-bond donors (Lipinski definition) is 2. The largest absolute Gasteiger partial charge is 0.478 e. The van der Waals surface area contributed by atoms with E-state index in [-0.39, 0.29) is 17.7 Å². The molecule has 2 N–H and O–H groups in total. The summed E-state index contributed by atoms with van der Waals surface area (Å²) in [6.45, 7) is 6.70. The number of hydrogen-bond acceptors (Lipinski definition) is 5. The van der Waals surface area contributed by atoms with E-state index in [0.29, 0.717) is 45.0 Å². The SMILES string of the molecule is CC(C)(Oc1cccc(N2CCC[C@@H](C(=O)NCc3ccc(Br)cc3)C2)c1)C(=O)N1CCN(C(=O)O)CC1. The zero-order chi connectivity index (χ0) is 27.3. The maximum Gasteiger partial charge on any atom is 0.407 e. The number of carbonyl (C=O) groups is 3. The van der Waals surface area contributed by atoms with Gasteiger partial charge in [0.2, 0.25) is 5.91 Å². The van der Waals surface area contributed by atoms with Crippen molar-refractivity contribution < 1.29 is 24.2 Å². The van der Waals surface area contributed by atoms with Gasteiger partial charge in [0.1, 0.15) is 5.75 Å². The number of halogens is 1. The number of carbonyl (C=O) groups excluding carboxylic acids is 2. The number of rotatable bonds is 7. The van der Waals surface area contributed by atoms with Crippen molar-refractivity contribution in [1.29, 1.82) is 0 Å². The monoisotopic (exact) mass is 586 g/mol. The maximum absolute atomic E-state index is 13.2. The second-order valence-corrected chi connectivity index (χ2v) is 11.2. The van der Waals surface area contributed by atoms with Crippen molar-refractivity contribution in [3.63, 3.8) is 0 Å². The fourth-order valence-corrected chi connectivity index (χ4v) is 5.19. The highest BCUT2D eigenvalue weighted by molar-refractivity contribution is 9.10. The Morgan fingerprint density at radius 2 is 1.71 bits per heavy atom. The van der Waals surface area contributed by atoms with Crippen LogP contribution in [0.3, 0.4) is 0 Å². The molecule has 2 aliphatic heterocycles. The Labute approximate surface area is 231 Å². The topological polar surface area (TPSA) is 102 Å².